The number of nitrogen functional groups attached to an aromatic ring is 1. The Kier molecular flexibility index (Phi) is 3.42. The van der Waals surface area contributed by atoms with E-state index in [0.717, 1.165) is 5.56 Å². The smallest absolute Gasteiger partial charge is 0.243 e. The molecule has 8 heteroatoms. The van der Waals surface area contributed by atoms with Crippen molar-refractivity contribution in [2.75, 3.05) is 5.73 Å². The Balaban J connectivity index is 1.90. The summed E-state index contributed by atoms with van der Waals surface area (Å²) in [6, 6.07) is 5.90. The molecule has 0 aliphatic carbocycles. The van der Waals surface area contributed by atoms with Crippen molar-refractivity contribution in [2.24, 2.45) is 0 Å². The number of hydrogen-bond acceptors (Lipinski definition) is 6. The van der Waals surface area contributed by atoms with Gasteiger partial charge in [-0.2, -0.15) is 4.31 Å². The lowest BCUT2D eigenvalue weighted by Gasteiger charge is -2.15. The minimum atomic E-state index is -3.65. The Morgan fingerprint density at radius 3 is 2.55 bits per heavy atom. The van der Waals surface area contributed by atoms with Crippen LogP contribution < -0.4 is 5.73 Å². The highest BCUT2D eigenvalue weighted by molar-refractivity contribution is 7.89. The lowest BCUT2D eigenvalue weighted by molar-refractivity contribution is 0.101. The third-order valence-corrected chi connectivity index (χ3v) is 5.35. The Hall–Kier alpha value is -2.32. The normalized spacial score (nSPS) is 14.8. The van der Waals surface area contributed by atoms with E-state index in [1.54, 1.807) is 6.20 Å². The second-order valence-corrected chi connectivity index (χ2v) is 6.99. The molecule has 7 nitrogen and oxygen atoms in total. The molecule has 22 heavy (non-hydrogen) atoms. The summed E-state index contributed by atoms with van der Waals surface area (Å²) in [5.41, 5.74) is 7.36. The first-order valence-electron chi connectivity index (χ1n) is 6.59. The van der Waals surface area contributed by atoms with E-state index in [9.17, 15) is 13.2 Å². The Morgan fingerprint density at radius 1 is 1.23 bits per heavy atom. The van der Waals surface area contributed by atoms with E-state index in [2.05, 4.69) is 9.97 Å². The number of ketones is 1. The Bertz CT molecular complexity index is 847. The number of anilines is 1. The van der Waals surface area contributed by atoms with Crippen molar-refractivity contribution in [1.82, 2.24) is 14.3 Å². The molecule has 1 aromatic heterocycles. The van der Waals surface area contributed by atoms with E-state index in [1.165, 1.54) is 35.5 Å². The average molecular weight is 318 g/mol. The summed E-state index contributed by atoms with van der Waals surface area (Å²) in [5.74, 6) is 0.0204. The molecule has 0 saturated carbocycles. The Labute approximate surface area is 127 Å². The fourth-order valence-electron chi connectivity index (χ4n) is 2.32. The first-order chi connectivity index (χ1) is 10.4. The average Bonchev–Trinajstić information content (AvgIpc) is 2.91. The number of aromatic nitrogens is 2. The van der Waals surface area contributed by atoms with Gasteiger partial charge >= 0.3 is 0 Å². The Morgan fingerprint density at radius 2 is 1.91 bits per heavy atom. The van der Waals surface area contributed by atoms with Crippen LogP contribution in [0.1, 0.15) is 28.5 Å². The van der Waals surface area contributed by atoms with E-state index >= 15 is 0 Å². The topological polar surface area (TPSA) is 106 Å². The fraction of sp³-hybridized carbons (Fsp3) is 0.214. The summed E-state index contributed by atoms with van der Waals surface area (Å²) < 4.78 is 26.6. The van der Waals surface area contributed by atoms with E-state index in [1.807, 2.05) is 0 Å². The summed E-state index contributed by atoms with van der Waals surface area (Å²) in [6.45, 7) is 1.81. The predicted molar refractivity (Wildman–Crippen MR) is 79.3 cm³/mol. The van der Waals surface area contributed by atoms with Gasteiger partial charge in [-0.25, -0.2) is 18.4 Å². The van der Waals surface area contributed by atoms with Gasteiger partial charge < -0.3 is 5.73 Å². The third kappa shape index (κ3) is 2.46. The third-order valence-electron chi connectivity index (χ3n) is 3.54. The highest BCUT2D eigenvalue weighted by atomic mass is 32.2. The highest BCUT2D eigenvalue weighted by Crippen LogP contribution is 2.27. The molecule has 0 amide bonds. The number of rotatable bonds is 3. The molecule has 1 aliphatic rings. The maximum absolute atomic E-state index is 12.6. The molecule has 0 radical (unpaired) electrons. The second-order valence-electron chi connectivity index (χ2n) is 5.05. The summed E-state index contributed by atoms with van der Waals surface area (Å²) >= 11 is 0. The quantitative estimate of drug-likeness (QED) is 0.845. The van der Waals surface area contributed by atoms with Crippen LogP contribution in [-0.2, 0) is 23.1 Å². The minimum Gasteiger partial charge on any atom is -0.368 e. The standard InChI is InChI=1S/C14H14N4O3S/c1-9(19)10-2-4-12(5-3-10)22(20,21)18-7-11-6-16-14(15)17-13(11)8-18/h2-6H,7-8H2,1H3,(H2,15,16,17). The largest absolute Gasteiger partial charge is 0.368 e. The molecule has 0 atom stereocenters. The first-order valence-corrected chi connectivity index (χ1v) is 8.03. The molecule has 0 bridgehead atoms. The lowest BCUT2D eigenvalue weighted by atomic mass is 10.2. The van der Waals surface area contributed by atoms with Crippen molar-refractivity contribution in [1.29, 1.82) is 0 Å². The minimum absolute atomic E-state index is 0.108. The van der Waals surface area contributed by atoms with E-state index in [0.29, 0.717) is 11.3 Å². The SMILES string of the molecule is CC(=O)c1ccc(S(=O)(=O)N2Cc3cnc(N)nc3C2)cc1. The van der Waals surface area contributed by atoms with Crippen molar-refractivity contribution in [2.45, 2.75) is 24.9 Å². The summed E-state index contributed by atoms with van der Waals surface area (Å²) in [5, 5.41) is 0. The van der Waals surface area contributed by atoms with E-state index < -0.39 is 10.0 Å². The van der Waals surface area contributed by atoms with Crippen LogP contribution in [0, 0.1) is 0 Å². The molecule has 2 N–H and O–H groups in total. The van der Waals surface area contributed by atoms with Crippen molar-refractivity contribution in [3.05, 3.63) is 47.3 Å². The molecule has 3 rings (SSSR count). The molecule has 2 heterocycles. The molecule has 2 aromatic rings. The van der Waals surface area contributed by atoms with Gasteiger partial charge in [0, 0.05) is 23.9 Å². The predicted octanol–water partition coefficient (Wildman–Crippen LogP) is 0.966. The van der Waals surface area contributed by atoms with Crippen LogP contribution in [0.4, 0.5) is 5.95 Å². The number of nitrogens with zero attached hydrogens (tertiary/aromatic N) is 3. The molecule has 114 valence electrons. The van der Waals surface area contributed by atoms with Crippen molar-refractivity contribution in [3.8, 4) is 0 Å². The highest BCUT2D eigenvalue weighted by Gasteiger charge is 2.31. The molecular weight excluding hydrogens is 304 g/mol. The van der Waals surface area contributed by atoms with Crippen LogP contribution in [0.5, 0.6) is 0 Å². The zero-order valence-corrected chi connectivity index (χ0v) is 12.7. The van der Waals surface area contributed by atoms with E-state index in [4.69, 9.17) is 5.73 Å². The molecule has 0 unspecified atom stereocenters. The van der Waals surface area contributed by atoms with Crippen molar-refractivity contribution < 1.29 is 13.2 Å². The summed E-state index contributed by atoms with van der Waals surface area (Å²) in [4.78, 5) is 19.3. The number of sulfonamides is 1. The van der Waals surface area contributed by atoms with Crippen molar-refractivity contribution >= 4 is 21.8 Å². The van der Waals surface area contributed by atoms with Crippen molar-refractivity contribution in [3.63, 3.8) is 0 Å². The van der Waals surface area contributed by atoms with E-state index in [-0.39, 0.29) is 29.7 Å². The number of fused-ring (bicyclic) bond motifs is 1. The fourth-order valence-corrected chi connectivity index (χ4v) is 3.70. The maximum Gasteiger partial charge on any atom is 0.243 e. The molecule has 0 saturated heterocycles. The van der Waals surface area contributed by atoms with Crippen LogP contribution in [0.15, 0.2) is 35.4 Å². The van der Waals surface area contributed by atoms with Crippen LogP contribution in [-0.4, -0.2) is 28.5 Å². The number of carbonyl (C=O) groups excluding carboxylic acids is 1. The van der Waals surface area contributed by atoms with Gasteiger partial charge in [0.15, 0.2) is 5.78 Å². The number of carbonyl (C=O) groups is 1. The zero-order chi connectivity index (χ0) is 15.9. The van der Waals surface area contributed by atoms with Gasteiger partial charge in [-0.05, 0) is 19.1 Å². The summed E-state index contributed by atoms with van der Waals surface area (Å²) in [6.07, 6.45) is 1.55. The van der Waals surface area contributed by atoms with Crippen LogP contribution in [0.2, 0.25) is 0 Å². The maximum atomic E-state index is 12.6. The van der Waals surface area contributed by atoms with Crippen LogP contribution in [0.3, 0.4) is 0 Å². The molecular formula is C14H14N4O3S. The van der Waals surface area contributed by atoms with Gasteiger partial charge in [0.1, 0.15) is 0 Å². The number of benzene rings is 1. The van der Waals surface area contributed by atoms with Gasteiger partial charge in [-0.1, -0.05) is 12.1 Å². The monoisotopic (exact) mass is 318 g/mol. The molecule has 0 fully saturated rings. The molecule has 1 aromatic carbocycles. The lowest BCUT2D eigenvalue weighted by Crippen LogP contribution is -2.25. The second kappa shape index (κ2) is 5.15. The van der Waals surface area contributed by atoms with Gasteiger partial charge in [0.25, 0.3) is 0 Å². The first kappa shape index (κ1) is 14.6. The van der Waals surface area contributed by atoms with Gasteiger partial charge in [-0.3, -0.25) is 4.79 Å². The number of hydrogen-bond donors (Lipinski definition) is 1. The summed E-state index contributed by atoms with van der Waals surface area (Å²) in [7, 11) is -3.65. The van der Waals surface area contributed by atoms with Gasteiger partial charge in [-0.15, -0.1) is 0 Å². The number of nitrogens with two attached hydrogens (primary N) is 1. The van der Waals surface area contributed by atoms with Crippen LogP contribution >= 0.6 is 0 Å². The van der Waals surface area contributed by atoms with Crippen LogP contribution in [0.25, 0.3) is 0 Å². The molecule has 0 spiro atoms. The number of Topliss-reactive ketones (excluding diaryl/α,β-unsaturated/α-hetero) is 1. The molecule has 1 aliphatic heterocycles. The van der Waals surface area contributed by atoms with Gasteiger partial charge in [0.05, 0.1) is 17.1 Å². The zero-order valence-electron chi connectivity index (χ0n) is 11.9. The van der Waals surface area contributed by atoms with Gasteiger partial charge in [0.2, 0.25) is 16.0 Å².